The van der Waals surface area contributed by atoms with Crippen molar-refractivity contribution in [2.24, 2.45) is 11.8 Å². The summed E-state index contributed by atoms with van der Waals surface area (Å²) in [6.45, 7) is 6.10. The SMILES string of the molecule is Cc1ccc(NC(=O)[C@H]2CC[C@H](NS(=O)(=O)C(C)C)CC2)cc1OCC1CC1. The molecule has 0 bridgehead atoms. The Balaban J connectivity index is 1.51. The summed E-state index contributed by atoms with van der Waals surface area (Å²) >= 11 is 0. The standard InChI is InChI=1S/C21H32N2O4S/c1-14(2)28(25,26)23-18-10-7-17(8-11-18)21(24)22-19-9-4-15(3)20(12-19)27-13-16-5-6-16/h4,9,12,14,16-18,23H,5-8,10-11,13H2,1-3H3,(H,22,24)/t17-,18-. The summed E-state index contributed by atoms with van der Waals surface area (Å²) in [6, 6.07) is 5.70. The molecule has 156 valence electrons. The van der Waals surface area contributed by atoms with Crippen molar-refractivity contribution in [3.8, 4) is 5.75 Å². The molecular formula is C21H32N2O4S. The summed E-state index contributed by atoms with van der Waals surface area (Å²) in [6.07, 6.45) is 5.24. The minimum Gasteiger partial charge on any atom is -0.493 e. The largest absolute Gasteiger partial charge is 0.493 e. The first kappa shape index (κ1) is 21.1. The number of anilines is 1. The molecular weight excluding hydrogens is 376 g/mol. The van der Waals surface area contributed by atoms with Crippen LogP contribution in [0.4, 0.5) is 5.69 Å². The van der Waals surface area contributed by atoms with Crippen LogP contribution in [0.25, 0.3) is 0 Å². The third-order valence-corrected chi connectivity index (χ3v) is 7.58. The fraction of sp³-hybridized carbons (Fsp3) is 0.667. The molecule has 1 aromatic rings. The second kappa shape index (κ2) is 8.82. The van der Waals surface area contributed by atoms with Crippen LogP contribution >= 0.6 is 0 Å². The maximum atomic E-state index is 12.6. The van der Waals surface area contributed by atoms with Crippen LogP contribution in [0.2, 0.25) is 0 Å². The van der Waals surface area contributed by atoms with E-state index in [1.165, 1.54) is 12.8 Å². The molecule has 2 fully saturated rings. The Morgan fingerprint density at radius 1 is 1.14 bits per heavy atom. The molecule has 7 heteroatoms. The van der Waals surface area contributed by atoms with Crippen molar-refractivity contribution < 1.29 is 17.9 Å². The van der Waals surface area contributed by atoms with E-state index in [1.54, 1.807) is 13.8 Å². The first-order valence-corrected chi connectivity index (χ1v) is 11.8. The van der Waals surface area contributed by atoms with Gasteiger partial charge in [0.15, 0.2) is 0 Å². The lowest BCUT2D eigenvalue weighted by molar-refractivity contribution is -0.120. The molecule has 2 aliphatic rings. The highest BCUT2D eigenvalue weighted by Crippen LogP contribution is 2.32. The van der Waals surface area contributed by atoms with Crippen molar-refractivity contribution >= 4 is 21.6 Å². The monoisotopic (exact) mass is 408 g/mol. The van der Waals surface area contributed by atoms with E-state index < -0.39 is 15.3 Å². The summed E-state index contributed by atoms with van der Waals surface area (Å²) in [5, 5.41) is 2.57. The molecule has 0 heterocycles. The zero-order valence-corrected chi connectivity index (χ0v) is 17.8. The van der Waals surface area contributed by atoms with Crippen molar-refractivity contribution in [2.75, 3.05) is 11.9 Å². The number of aryl methyl sites for hydroxylation is 1. The van der Waals surface area contributed by atoms with Crippen LogP contribution in [-0.2, 0) is 14.8 Å². The second-order valence-electron chi connectivity index (χ2n) is 8.48. The van der Waals surface area contributed by atoms with Crippen molar-refractivity contribution in [1.82, 2.24) is 4.72 Å². The molecule has 0 radical (unpaired) electrons. The molecule has 1 aromatic carbocycles. The number of ether oxygens (including phenoxy) is 1. The fourth-order valence-electron chi connectivity index (χ4n) is 3.41. The maximum absolute atomic E-state index is 12.6. The van der Waals surface area contributed by atoms with E-state index in [0.717, 1.165) is 23.6 Å². The van der Waals surface area contributed by atoms with Gasteiger partial charge in [0.05, 0.1) is 11.9 Å². The lowest BCUT2D eigenvalue weighted by Gasteiger charge is -2.28. The van der Waals surface area contributed by atoms with Gasteiger partial charge in [-0.05, 0) is 76.8 Å². The van der Waals surface area contributed by atoms with Gasteiger partial charge in [-0.2, -0.15) is 0 Å². The number of carbonyl (C=O) groups excluding carboxylic acids is 1. The summed E-state index contributed by atoms with van der Waals surface area (Å²) in [5.74, 6) is 1.43. The number of carbonyl (C=O) groups is 1. The summed E-state index contributed by atoms with van der Waals surface area (Å²) in [4.78, 5) is 12.6. The number of amides is 1. The van der Waals surface area contributed by atoms with Crippen molar-refractivity contribution in [1.29, 1.82) is 0 Å². The van der Waals surface area contributed by atoms with Gasteiger partial charge in [0, 0.05) is 23.7 Å². The third kappa shape index (κ3) is 5.70. The first-order valence-electron chi connectivity index (χ1n) is 10.3. The number of rotatable bonds is 8. The van der Waals surface area contributed by atoms with Gasteiger partial charge in [0.2, 0.25) is 15.9 Å². The Bertz CT molecular complexity index is 795. The molecule has 0 unspecified atom stereocenters. The van der Waals surface area contributed by atoms with Crippen LogP contribution in [0.1, 0.15) is 57.9 Å². The van der Waals surface area contributed by atoms with Gasteiger partial charge in [-0.1, -0.05) is 6.07 Å². The fourth-order valence-corrected chi connectivity index (χ4v) is 4.38. The van der Waals surface area contributed by atoms with E-state index in [2.05, 4.69) is 10.0 Å². The Morgan fingerprint density at radius 2 is 1.82 bits per heavy atom. The highest BCUT2D eigenvalue weighted by molar-refractivity contribution is 7.90. The normalized spacial score (nSPS) is 22.9. The van der Waals surface area contributed by atoms with Gasteiger partial charge in [0.25, 0.3) is 0 Å². The summed E-state index contributed by atoms with van der Waals surface area (Å²) < 4.78 is 32.7. The summed E-state index contributed by atoms with van der Waals surface area (Å²) in [7, 11) is -3.26. The Labute approximate surface area is 168 Å². The average Bonchev–Trinajstić information content (AvgIpc) is 3.46. The number of hydrogen-bond donors (Lipinski definition) is 2. The number of nitrogens with one attached hydrogen (secondary N) is 2. The maximum Gasteiger partial charge on any atom is 0.227 e. The first-order chi connectivity index (χ1) is 13.2. The van der Waals surface area contributed by atoms with E-state index in [4.69, 9.17) is 4.74 Å². The molecule has 1 amide bonds. The van der Waals surface area contributed by atoms with Gasteiger partial charge < -0.3 is 10.1 Å². The summed E-state index contributed by atoms with van der Waals surface area (Å²) in [5.41, 5.74) is 1.82. The van der Waals surface area contributed by atoms with E-state index in [0.29, 0.717) is 31.6 Å². The second-order valence-corrected chi connectivity index (χ2v) is 10.8. The van der Waals surface area contributed by atoms with E-state index in [1.807, 2.05) is 25.1 Å². The van der Waals surface area contributed by atoms with Crippen LogP contribution < -0.4 is 14.8 Å². The number of benzene rings is 1. The van der Waals surface area contributed by atoms with Gasteiger partial charge in [0.1, 0.15) is 5.75 Å². The zero-order valence-electron chi connectivity index (χ0n) is 17.0. The van der Waals surface area contributed by atoms with Crippen LogP contribution in [0.5, 0.6) is 5.75 Å². The van der Waals surface area contributed by atoms with Crippen LogP contribution in [0.3, 0.4) is 0 Å². The van der Waals surface area contributed by atoms with Gasteiger partial charge in [-0.25, -0.2) is 13.1 Å². The quantitative estimate of drug-likeness (QED) is 0.688. The zero-order chi connectivity index (χ0) is 20.3. The van der Waals surface area contributed by atoms with Crippen LogP contribution in [0, 0.1) is 18.8 Å². The molecule has 0 aliphatic heterocycles. The Morgan fingerprint density at radius 3 is 2.43 bits per heavy atom. The van der Waals surface area contributed by atoms with Crippen molar-refractivity contribution in [3.63, 3.8) is 0 Å². The van der Waals surface area contributed by atoms with E-state index in [9.17, 15) is 13.2 Å². The topological polar surface area (TPSA) is 84.5 Å². The Kier molecular flexibility index (Phi) is 6.65. The molecule has 6 nitrogen and oxygen atoms in total. The molecule has 0 aromatic heterocycles. The van der Waals surface area contributed by atoms with E-state index in [-0.39, 0.29) is 17.9 Å². The van der Waals surface area contributed by atoms with Gasteiger partial charge >= 0.3 is 0 Å². The molecule has 28 heavy (non-hydrogen) atoms. The molecule has 2 aliphatic carbocycles. The third-order valence-electron chi connectivity index (χ3n) is 5.68. The van der Waals surface area contributed by atoms with Crippen LogP contribution in [-0.4, -0.2) is 32.2 Å². The smallest absolute Gasteiger partial charge is 0.227 e. The molecule has 0 atom stereocenters. The predicted molar refractivity (Wildman–Crippen MR) is 111 cm³/mol. The lowest BCUT2D eigenvalue weighted by atomic mass is 9.86. The molecule has 2 N–H and O–H groups in total. The lowest BCUT2D eigenvalue weighted by Crippen LogP contribution is -2.42. The minimum atomic E-state index is -3.26. The van der Waals surface area contributed by atoms with Gasteiger partial charge in [-0.15, -0.1) is 0 Å². The Hall–Kier alpha value is -1.60. The molecule has 3 rings (SSSR count). The van der Waals surface area contributed by atoms with Crippen LogP contribution in [0.15, 0.2) is 18.2 Å². The van der Waals surface area contributed by atoms with Crippen molar-refractivity contribution in [2.45, 2.75) is 70.6 Å². The van der Waals surface area contributed by atoms with Crippen molar-refractivity contribution in [3.05, 3.63) is 23.8 Å². The molecule has 2 saturated carbocycles. The minimum absolute atomic E-state index is 0.00200. The highest BCUT2D eigenvalue weighted by atomic mass is 32.2. The predicted octanol–water partition coefficient (Wildman–Crippen LogP) is 3.61. The average molecular weight is 409 g/mol. The number of sulfonamides is 1. The van der Waals surface area contributed by atoms with Gasteiger partial charge in [-0.3, -0.25) is 4.79 Å². The van der Waals surface area contributed by atoms with E-state index >= 15 is 0 Å². The number of hydrogen-bond acceptors (Lipinski definition) is 4. The highest BCUT2D eigenvalue weighted by Gasteiger charge is 2.29. The molecule has 0 saturated heterocycles. The molecule has 0 spiro atoms.